The van der Waals surface area contributed by atoms with Gasteiger partial charge in [-0.25, -0.2) is 4.39 Å². The van der Waals surface area contributed by atoms with Gasteiger partial charge in [0.1, 0.15) is 5.82 Å². The van der Waals surface area contributed by atoms with Gasteiger partial charge in [0.25, 0.3) is 0 Å². The molecule has 0 saturated heterocycles. The summed E-state index contributed by atoms with van der Waals surface area (Å²) in [5.41, 5.74) is 7.36. The van der Waals surface area contributed by atoms with Crippen LogP contribution < -0.4 is 10.6 Å². The molecule has 2 N–H and O–H groups in total. The van der Waals surface area contributed by atoms with Gasteiger partial charge in [0, 0.05) is 17.0 Å². The van der Waals surface area contributed by atoms with Crippen LogP contribution in [0.5, 0.6) is 0 Å². The van der Waals surface area contributed by atoms with Crippen LogP contribution in [-0.4, -0.2) is 6.04 Å². The summed E-state index contributed by atoms with van der Waals surface area (Å²) in [7, 11) is 0. The van der Waals surface area contributed by atoms with Crippen molar-refractivity contribution in [1.82, 2.24) is 0 Å². The van der Waals surface area contributed by atoms with Gasteiger partial charge >= 0.3 is 0 Å². The number of nitrogens with zero attached hydrogens (tertiary/aromatic N) is 1. The second-order valence-corrected chi connectivity index (χ2v) is 6.47. The Bertz CT molecular complexity index is 576. The lowest BCUT2D eigenvalue weighted by atomic mass is 10.1. The van der Waals surface area contributed by atoms with Crippen molar-refractivity contribution in [3.63, 3.8) is 0 Å². The van der Waals surface area contributed by atoms with Crippen molar-refractivity contribution in [1.29, 1.82) is 0 Å². The van der Waals surface area contributed by atoms with Crippen molar-refractivity contribution in [2.24, 2.45) is 5.73 Å². The Balaban J connectivity index is 1.87. The topological polar surface area (TPSA) is 29.3 Å². The van der Waals surface area contributed by atoms with Crippen LogP contribution in [0.2, 0.25) is 0 Å². The molecule has 2 aromatic rings. The predicted octanol–water partition coefficient (Wildman–Crippen LogP) is 4.08. The SMILES string of the molecule is C[C@@H](N)c1ccc(N(Cc2cccs2)C2CC2)c(F)c1. The number of nitrogens with two attached hydrogens (primary N) is 1. The fourth-order valence-electron chi connectivity index (χ4n) is 2.41. The highest BCUT2D eigenvalue weighted by molar-refractivity contribution is 7.09. The Morgan fingerprint density at radius 3 is 2.75 bits per heavy atom. The number of hydrogen-bond acceptors (Lipinski definition) is 3. The van der Waals surface area contributed by atoms with Crippen LogP contribution in [-0.2, 0) is 6.54 Å². The van der Waals surface area contributed by atoms with Crippen LogP contribution >= 0.6 is 11.3 Å². The molecule has 0 spiro atoms. The van der Waals surface area contributed by atoms with Crippen LogP contribution in [0.1, 0.15) is 36.2 Å². The van der Waals surface area contributed by atoms with E-state index in [2.05, 4.69) is 16.3 Å². The van der Waals surface area contributed by atoms with E-state index in [4.69, 9.17) is 5.73 Å². The minimum absolute atomic E-state index is 0.134. The fraction of sp³-hybridized carbons (Fsp3) is 0.375. The molecule has 1 fully saturated rings. The molecule has 1 aliphatic rings. The Kier molecular flexibility index (Phi) is 3.76. The summed E-state index contributed by atoms with van der Waals surface area (Å²) in [5.74, 6) is -0.164. The zero-order valence-electron chi connectivity index (χ0n) is 11.6. The van der Waals surface area contributed by atoms with Crippen molar-refractivity contribution in [2.75, 3.05) is 4.90 Å². The van der Waals surface area contributed by atoms with Crippen molar-refractivity contribution in [2.45, 2.75) is 38.4 Å². The normalized spacial score (nSPS) is 16.1. The summed E-state index contributed by atoms with van der Waals surface area (Å²) < 4.78 is 14.4. The third-order valence-corrected chi connectivity index (χ3v) is 4.56. The first-order valence-corrected chi connectivity index (χ1v) is 7.87. The molecule has 106 valence electrons. The van der Waals surface area contributed by atoms with E-state index in [1.807, 2.05) is 25.1 Å². The number of benzene rings is 1. The van der Waals surface area contributed by atoms with Crippen LogP contribution in [0.25, 0.3) is 0 Å². The molecule has 1 aromatic heterocycles. The highest BCUT2D eigenvalue weighted by Gasteiger charge is 2.31. The van der Waals surface area contributed by atoms with Gasteiger partial charge in [-0.3, -0.25) is 0 Å². The van der Waals surface area contributed by atoms with Gasteiger partial charge in [-0.2, -0.15) is 0 Å². The first-order chi connectivity index (χ1) is 9.65. The molecule has 1 aliphatic carbocycles. The molecule has 4 heteroatoms. The van der Waals surface area contributed by atoms with E-state index in [0.717, 1.165) is 24.9 Å². The van der Waals surface area contributed by atoms with Crippen molar-refractivity contribution in [3.8, 4) is 0 Å². The molecule has 0 amide bonds. The second kappa shape index (κ2) is 5.54. The van der Waals surface area contributed by atoms with Crippen LogP contribution in [0.3, 0.4) is 0 Å². The number of thiophene rings is 1. The minimum Gasteiger partial charge on any atom is -0.361 e. The maximum Gasteiger partial charge on any atom is 0.146 e. The maximum absolute atomic E-state index is 14.4. The Morgan fingerprint density at radius 1 is 1.40 bits per heavy atom. The molecule has 1 saturated carbocycles. The lowest BCUT2D eigenvalue weighted by Gasteiger charge is -2.25. The van der Waals surface area contributed by atoms with Gasteiger partial charge in [0.2, 0.25) is 0 Å². The molecule has 20 heavy (non-hydrogen) atoms. The molecule has 0 aliphatic heterocycles. The van der Waals surface area contributed by atoms with Crippen LogP contribution in [0.4, 0.5) is 10.1 Å². The lowest BCUT2D eigenvalue weighted by molar-refractivity contribution is 0.610. The zero-order chi connectivity index (χ0) is 14.1. The molecule has 3 rings (SSSR count). The van der Waals surface area contributed by atoms with Gasteiger partial charge in [-0.1, -0.05) is 12.1 Å². The molecule has 0 radical (unpaired) electrons. The highest BCUT2D eigenvalue weighted by atomic mass is 32.1. The van der Waals surface area contributed by atoms with E-state index in [1.54, 1.807) is 17.4 Å². The molecule has 1 atom stereocenters. The quantitative estimate of drug-likeness (QED) is 0.899. The van der Waals surface area contributed by atoms with Crippen molar-refractivity contribution >= 4 is 17.0 Å². The summed E-state index contributed by atoms with van der Waals surface area (Å²) in [6, 6.07) is 9.88. The van der Waals surface area contributed by atoms with E-state index < -0.39 is 0 Å². The predicted molar refractivity (Wildman–Crippen MR) is 82.5 cm³/mol. The minimum atomic E-state index is -0.164. The fourth-order valence-corrected chi connectivity index (χ4v) is 3.11. The molecule has 0 unspecified atom stereocenters. The average Bonchev–Trinajstić information content (AvgIpc) is 3.14. The molecule has 0 bridgehead atoms. The Hall–Kier alpha value is -1.39. The van der Waals surface area contributed by atoms with Gasteiger partial charge in [-0.15, -0.1) is 11.3 Å². The van der Waals surface area contributed by atoms with E-state index in [-0.39, 0.29) is 11.9 Å². The molecule has 2 nitrogen and oxygen atoms in total. The van der Waals surface area contributed by atoms with Crippen molar-refractivity contribution in [3.05, 3.63) is 52.0 Å². The van der Waals surface area contributed by atoms with E-state index in [0.29, 0.717) is 11.7 Å². The zero-order valence-corrected chi connectivity index (χ0v) is 12.4. The largest absolute Gasteiger partial charge is 0.361 e. The first kappa shape index (κ1) is 13.6. The van der Waals surface area contributed by atoms with Gasteiger partial charge in [-0.05, 0) is 48.9 Å². The van der Waals surface area contributed by atoms with E-state index in [1.165, 1.54) is 4.88 Å². The molecule has 1 aromatic carbocycles. The van der Waals surface area contributed by atoms with Gasteiger partial charge < -0.3 is 10.6 Å². The molecular weight excluding hydrogens is 271 g/mol. The first-order valence-electron chi connectivity index (χ1n) is 6.99. The number of rotatable bonds is 5. The van der Waals surface area contributed by atoms with E-state index >= 15 is 0 Å². The second-order valence-electron chi connectivity index (χ2n) is 5.44. The highest BCUT2D eigenvalue weighted by Crippen LogP contribution is 2.35. The van der Waals surface area contributed by atoms with E-state index in [9.17, 15) is 4.39 Å². The Morgan fingerprint density at radius 2 is 2.20 bits per heavy atom. The Labute approximate surface area is 123 Å². The van der Waals surface area contributed by atoms with Crippen LogP contribution in [0.15, 0.2) is 35.7 Å². The van der Waals surface area contributed by atoms with Gasteiger partial charge in [0.05, 0.1) is 12.2 Å². The summed E-state index contributed by atoms with van der Waals surface area (Å²) in [6.45, 7) is 2.66. The summed E-state index contributed by atoms with van der Waals surface area (Å²) in [4.78, 5) is 3.46. The summed E-state index contributed by atoms with van der Waals surface area (Å²) >= 11 is 1.72. The summed E-state index contributed by atoms with van der Waals surface area (Å²) in [6.07, 6.45) is 2.31. The molecular formula is C16H19FN2S. The lowest BCUT2D eigenvalue weighted by Crippen LogP contribution is -2.25. The smallest absolute Gasteiger partial charge is 0.146 e. The monoisotopic (exact) mass is 290 g/mol. The van der Waals surface area contributed by atoms with Gasteiger partial charge in [0.15, 0.2) is 0 Å². The third-order valence-electron chi connectivity index (χ3n) is 3.70. The van der Waals surface area contributed by atoms with Crippen molar-refractivity contribution < 1.29 is 4.39 Å². The summed E-state index contributed by atoms with van der Waals surface area (Å²) in [5, 5.41) is 2.07. The molecule has 1 heterocycles. The maximum atomic E-state index is 14.4. The third kappa shape index (κ3) is 2.86. The standard InChI is InChI=1S/C16H19FN2S/c1-11(18)12-4-7-16(15(17)9-12)19(13-5-6-13)10-14-3-2-8-20-14/h2-4,7-9,11,13H,5-6,10,18H2,1H3/t11-/m1/s1. The number of anilines is 1. The average molecular weight is 290 g/mol. The number of hydrogen-bond donors (Lipinski definition) is 1. The van der Waals surface area contributed by atoms with Crippen LogP contribution in [0, 0.1) is 5.82 Å². The number of halogens is 1.